The Hall–Kier alpha value is -1.08. The van der Waals surface area contributed by atoms with Crippen LogP contribution in [0.1, 0.15) is 0 Å². The molecule has 0 spiro atoms. The van der Waals surface area contributed by atoms with Gasteiger partial charge in [0.25, 0.3) is 0 Å². The van der Waals surface area contributed by atoms with Crippen LogP contribution in [0.4, 0.5) is 0 Å². The second-order valence-electron chi connectivity index (χ2n) is 2.38. The molecule has 13 heavy (non-hydrogen) atoms. The number of aromatic nitrogens is 2. The molecule has 0 aliphatic carbocycles. The summed E-state index contributed by atoms with van der Waals surface area (Å²) in [5.41, 5.74) is 1.84. The van der Waals surface area contributed by atoms with E-state index in [1.54, 1.807) is 12.4 Å². The molecule has 2 aromatic heterocycles. The molecule has 2 nitrogen and oxygen atoms in total. The van der Waals surface area contributed by atoms with E-state index in [1.165, 1.54) is 0 Å². The minimum atomic E-state index is 0. The van der Waals surface area contributed by atoms with Gasteiger partial charge in [-0.25, -0.2) is 0 Å². The van der Waals surface area contributed by atoms with Crippen molar-refractivity contribution < 1.29 is 19.5 Å². The van der Waals surface area contributed by atoms with Crippen molar-refractivity contribution in [1.82, 2.24) is 9.97 Å². The smallest absolute Gasteiger partial charge is 0.360 e. The molecule has 3 heteroatoms. The van der Waals surface area contributed by atoms with E-state index in [0.717, 1.165) is 11.3 Å². The van der Waals surface area contributed by atoms with Crippen LogP contribution in [0.2, 0.25) is 0 Å². The van der Waals surface area contributed by atoms with Crippen molar-refractivity contribution in [2.24, 2.45) is 0 Å². The molecule has 0 fully saturated rings. The van der Waals surface area contributed by atoms with E-state index in [9.17, 15) is 0 Å². The molecule has 0 atom stereocenters. The molecule has 0 amide bonds. The predicted octanol–water partition coefficient (Wildman–Crippen LogP) is 1.94. The first-order valence-electron chi connectivity index (χ1n) is 3.71. The maximum Gasteiger partial charge on any atom is 3.00 e. The number of hydrogen-bond acceptors (Lipinski definition) is 2. The second kappa shape index (κ2) is 4.83. The Morgan fingerprint density at radius 1 is 1.00 bits per heavy atom. The van der Waals surface area contributed by atoms with Gasteiger partial charge in [-0.2, -0.15) is 0 Å². The molecule has 0 aliphatic rings. The standard InChI is InChI=1S/C10H7N2.Ru/c1-2-7-12-10(5-1)9-4-3-6-11-8-9;/h1-7H;/q-1;+3. The summed E-state index contributed by atoms with van der Waals surface area (Å²) < 4.78 is 0. The van der Waals surface area contributed by atoms with Gasteiger partial charge < -0.3 is 9.97 Å². The van der Waals surface area contributed by atoms with Gasteiger partial charge in [0.2, 0.25) is 0 Å². The van der Waals surface area contributed by atoms with Gasteiger partial charge in [-0.15, -0.1) is 17.7 Å². The third-order valence-electron chi connectivity index (χ3n) is 1.55. The maximum absolute atomic E-state index is 4.18. The van der Waals surface area contributed by atoms with Gasteiger partial charge in [0, 0.05) is 6.20 Å². The average molecular weight is 256 g/mol. The Balaban J connectivity index is 0.000000845. The van der Waals surface area contributed by atoms with Crippen molar-refractivity contribution >= 4 is 0 Å². The molecule has 63 valence electrons. The average Bonchev–Trinajstić information content (AvgIpc) is 2.21. The summed E-state index contributed by atoms with van der Waals surface area (Å²) >= 11 is 0. The van der Waals surface area contributed by atoms with E-state index < -0.39 is 0 Å². The molecule has 0 unspecified atom stereocenters. The third-order valence-corrected chi connectivity index (χ3v) is 1.55. The first-order chi connectivity index (χ1) is 5.97. The molecular formula is C10H7N2Ru+2. The van der Waals surface area contributed by atoms with Crippen LogP contribution in [0, 0.1) is 6.20 Å². The van der Waals surface area contributed by atoms with Gasteiger partial charge in [-0.05, 0) is 18.0 Å². The van der Waals surface area contributed by atoms with Crippen LogP contribution >= 0.6 is 0 Å². The van der Waals surface area contributed by atoms with Crippen LogP contribution in [0.5, 0.6) is 0 Å². The Morgan fingerprint density at radius 3 is 2.54 bits per heavy atom. The third kappa shape index (κ3) is 2.43. The summed E-state index contributed by atoms with van der Waals surface area (Å²) in [5, 5.41) is 0. The van der Waals surface area contributed by atoms with Gasteiger partial charge in [0.1, 0.15) is 0 Å². The zero-order valence-corrected chi connectivity index (χ0v) is 8.53. The summed E-state index contributed by atoms with van der Waals surface area (Å²) in [6.45, 7) is 0. The second-order valence-corrected chi connectivity index (χ2v) is 2.38. The SMILES string of the molecule is [Ru+3].[c-]1ncccc1-c1ccccn1. The Bertz CT molecular complexity index is 310. The summed E-state index contributed by atoms with van der Waals surface area (Å²) in [7, 11) is 0. The van der Waals surface area contributed by atoms with Gasteiger partial charge in [-0.3, -0.25) is 0 Å². The fraction of sp³-hybridized carbons (Fsp3) is 0. The first-order valence-corrected chi connectivity index (χ1v) is 3.71. The van der Waals surface area contributed by atoms with Crippen molar-refractivity contribution in [2.45, 2.75) is 0 Å². The monoisotopic (exact) mass is 257 g/mol. The molecule has 0 bridgehead atoms. The summed E-state index contributed by atoms with van der Waals surface area (Å²) in [6, 6.07) is 9.59. The Morgan fingerprint density at radius 2 is 1.92 bits per heavy atom. The quantitative estimate of drug-likeness (QED) is 0.575. The summed E-state index contributed by atoms with van der Waals surface area (Å²) in [6.07, 6.45) is 6.33. The van der Waals surface area contributed by atoms with E-state index in [4.69, 9.17) is 0 Å². The van der Waals surface area contributed by atoms with Crippen molar-refractivity contribution in [3.63, 3.8) is 0 Å². The number of pyridine rings is 2. The van der Waals surface area contributed by atoms with Crippen molar-refractivity contribution in [3.05, 3.63) is 48.9 Å². The van der Waals surface area contributed by atoms with Crippen molar-refractivity contribution in [2.75, 3.05) is 0 Å². The Labute approximate surface area is 89.8 Å². The van der Waals surface area contributed by atoms with E-state index in [2.05, 4.69) is 16.2 Å². The topological polar surface area (TPSA) is 25.8 Å². The predicted molar refractivity (Wildman–Crippen MR) is 46.3 cm³/mol. The van der Waals surface area contributed by atoms with Crippen molar-refractivity contribution in [1.29, 1.82) is 0 Å². The number of rotatable bonds is 1. The molecule has 2 aromatic rings. The minimum absolute atomic E-state index is 0. The van der Waals surface area contributed by atoms with E-state index >= 15 is 0 Å². The first kappa shape index (κ1) is 10.0. The van der Waals surface area contributed by atoms with E-state index in [0.29, 0.717) is 0 Å². The molecule has 1 radical (unpaired) electrons. The molecule has 0 saturated heterocycles. The van der Waals surface area contributed by atoms with Crippen LogP contribution in [0.25, 0.3) is 11.3 Å². The number of hydrogen-bond donors (Lipinski definition) is 0. The van der Waals surface area contributed by atoms with E-state index in [-0.39, 0.29) is 19.5 Å². The molecule has 0 N–H and O–H groups in total. The molecule has 2 heterocycles. The van der Waals surface area contributed by atoms with Crippen LogP contribution in [0.3, 0.4) is 0 Å². The van der Waals surface area contributed by atoms with Crippen LogP contribution in [0.15, 0.2) is 42.7 Å². The zero-order valence-electron chi connectivity index (χ0n) is 6.79. The Kier molecular flexibility index (Phi) is 3.72. The van der Waals surface area contributed by atoms with Gasteiger partial charge in [-0.1, -0.05) is 18.3 Å². The maximum atomic E-state index is 4.18. The fourth-order valence-electron chi connectivity index (χ4n) is 0.991. The number of nitrogens with zero attached hydrogens (tertiary/aromatic N) is 2. The van der Waals surface area contributed by atoms with Crippen LogP contribution < -0.4 is 0 Å². The molecular weight excluding hydrogens is 249 g/mol. The molecule has 2 rings (SSSR count). The van der Waals surface area contributed by atoms with Gasteiger partial charge in [0.05, 0.1) is 0 Å². The van der Waals surface area contributed by atoms with Gasteiger partial charge in [0.15, 0.2) is 0 Å². The van der Waals surface area contributed by atoms with E-state index in [1.807, 2.05) is 30.3 Å². The summed E-state index contributed by atoms with van der Waals surface area (Å²) in [4.78, 5) is 8.07. The normalized spacial score (nSPS) is 8.92. The minimum Gasteiger partial charge on any atom is -0.360 e. The van der Waals surface area contributed by atoms with Crippen LogP contribution in [-0.4, -0.2) is 9.97 Å². The molecule has 0 saturated carbocycles. The largest absolute Gasteiger partial charge is 3.00 e. The van der Waals surface area contributed by atoms with Crippen molar-refractivity contribution in [3.8, 4) is 11.3 Å². The molecule has 0 aromatic carbocycles. The van der Waals surface area contributed by atoms with Crippen LogP contribution in [-0.2, 0) is 19.5 Å². The van der Waals surface area contributed by atoms with Gasteiger partial charge >= 0.3 is 19.5 Å². The molecule has 0 aliphatic heterocycles. The summed E-state index contributed by atoms with van der Waals surface area (Å²) in [5.74, 6) is 0. The fourth-order valence-corrected chi connectivity index (χ4v) is 0.991. The zero-order chi connectivity index (χ0) is 8.23.